The van der Waals surface area contributed by atoms with Crippen molar-refractivity contribution < 1.29 is 4.74 Å². The Morgan fingerprint density at radius 1 is 0.950 bits per heavy atom. The first kappa shape index (κ1) is 14.6. The van der Waals surface area contributed by atoms with Gasteiger partial charge in [-0.05, 0) is 47.7 Å². The van der Waals surface area contributed by atoms with Gasteiger partial charge in [0.2, 0.25) is 0 Å². The molecular weight excluding hydrogens is 246 g/mol. The van der Waals surface area contributed by atoms with Crippen molar-refractivity contribution in [3.63, 3.8) is 0 Å². The van der Waals surface area contributed by atoms with Gasteiger partial charge >= 0.3 is 0 Å². The van der Waals surface area contributed by atoms with Gasteiger partial charge in [0.05, 0.1) is 0 Å². The summed E-state index contributed by atoms with van der Waals surface area (Å²) in [7, 11) is 0. The molecule has 2 aromatic carbocycles. The Labute approximate surface area is 121 Å². The third kappa shape index (κ3) is 3.61. The minimum Gasteiger partial charge on any atom is -0.457 e. The van der Waals surface area contributed by atoms with Gasteiger partial charge in [0.1, 0.15) is 11.5 Å². The quantitative estimate of drug-likeness (QED) is 0.827. The number of nitrogens with two attached hydrogens (primary N) is 1. The van der Waals surface area contributed by atoms with Crippen LogP contribution in [0, 0.1) is 0 Å². The van der Waals surface area contributed by atoms with Crippen LogP contribution in [0.1, 0.15) is 50.3 Å². The SMILES string of the molecule is CCC(N)c1ccc(Oc2cccc(C(C)C)c2)cc1. The Balaban J connectivity index is 2.12. The zero-order chi connectivity index (χ0) is 14.5. The number of rotatable bonds is 5. The molecule has 1 unspecified atom stereocenters. The predicted octanol–water partition coefficient (Wildman–Crippen LogP) is 5.01. The second-order valence-electron chi connectivity index (χ2n) is 5.41. The third-order valence-electron chi connectivity index (χ3n) is 3.51. The van der Waals surface area contributed by atoms with Crippen LogP contribution < -0.4 is 10.5 Å². The van der Waals surface area contributed by atoms with Crippen molar-refractivity contribution in [2.75, 3.05) is 0 Å². The van der Waals surface area contributed by atoms with Crippen molar-refractivity contribution >= 4 is 0 Å². The summed E-state index contributed by atoms with van der Waals surface area (Å²) in [6.45, 7) is 6.45. The van der Waals surface area contributed by atoms with E-state index in [-0.39, 0.29) is 6.04 Å². The van der Waals surface area contributed by atoms with E-state index in [4.69, 9.17) is 10.5 Å². The average molecular weight is 269 g/mol. The van der Waals surface area contributed by atoms with E-state index < -0.39 is 0 Å². The lowest BCUT2D eigenvalue weighted by Gasteiger charge is -2.12. The Hall–Kier alpha value is -1.80. The van der Waals surface area contributed by atoms with Crippen molar-refractivity contribution in [2.24, 2.45) is 5.73 Å². The van der Waals surface area contributed by atoms with Gasteiger partial charge < -0.3 is 10.5 Å². The lowest BCUT2D eigenvalue weighted by molar-refractivity contribution is 0.481. The molecule has 0 saturated carbocycles. The highest BCUT2D eigenvalue weighted by Gasteiger charge is 2.05. The van der Waals surface area contributed by atoms with Crippen LogP contribution >= 0.6 is 0 Å². The summed E-state index contributed by atoms with van der Waals surface area (Å²) in [6, 6.07) is 16.4. The molecule has 0 amide bonds. The van der Waals surface area contributed by atoms with Crippen LogP contribution in [0.2, 0.25) is 0 Å². The molecule has 2 rings (SSSR count). The number of hydrogen-bond donors (Lipinski definition) is 1. The molecule has 0 aliphatic carbocycles. The molecule has 0 radical (unpaired) electrons. The highest BCUT2D eigenvalue weighted by atomic mass is 16.5. The zero-order valence-electron chi connectivity index (χ0n) is 12.5. The first-order valence-corrected chi connectivity index (χ1v) is 7.23. The summed E-state index contributed by atoms with van der Waals surface area (Å²) < 4.78 is 5.90. The molecule has 2 heteroatoms. The van der Waals surface area contributed by atoms with E-state index in [0.717, 1.165) is 23.5 Å². The monoisotopic (exact) mass is 269 g/mol. The van der Waals surface area contributed by atoms with Crippen LogP contribution in [0.4, 0.5) is 0 Å². The maximum absolute atomic E-state index is 6.01. The number of hydrogen-bond acceptors (Lipinski definition) is 2. The second-order valence-corrected chi connectivity index (χ2v) is 5.41. The largest absolute Gasteiger partial charge is 0.457 e. The second kappa shape index (κ2) is 6.58. The maximum Gasteiger partial charge on any atom is 0.127 e. The van der Waals surface area contributed by atoms with Gasteiger partial charge in [0, 0.05) is 6.04 Å². The summed E-state index contributed by atoms with van der Waals surface area (Å²) in [5.74, 6) is 2.23. The van der Waals surface area contributed by atoms with Crippen molar-refractivity contribution in [1.82, 2.24) is 0 Å². The molecule has 0 aliphatic heterocycles. The van der Waals surface area contributed by atoms with Gasteiger partial charge in [-0.2, -0.15) is 0 Å². The fraction of sp³-hybridized carbons (Fsp3) is 0.333. The molecule has 106 valence electrons. The minimum atomic E-state index is 0.105. The molecule has 2 N–H and O–H groups in total. The molecule has 0 heterocycles. The normalized spacial score (nSPS) is 12.4. The first-order valence-electron chi connectivity index (χ1n) is 7.23. The fourth-order valence-corrected chi connectivity index (χ4v) is 2.09. The maximum atomic E-state index is 6.01. The molecule has 0 spiro atoms. The summed E-state index contributed by atoms with van der Waals surface area (Å²) in [6.07, 6.45) is 0.941. The molecule has 0 aromatic heterocycles. The summed E-state index contributed by atoms with van der Waals surface area (Å²) in [5, 5.41) is 0. The molecule has 20 heavy (non-hydrogen) atoms. The van der Waals surface area contributed by atoms with Crippen LogP contribution in [-0.4, -0.2) is 0 Å². The van der Waals surface area contributed by atoms with Crippen molar-refractivity contribution in [3.05, 3.63) is 59.7 Å². The van der Waals surface area contributed by atoms with E-state index in [1.165, 1.54) is 5.56 Å². The van der Waals surface area contributed by atoms with Gasteiger partial charge in [0.15, 0.2) is 0 Å². The van der Waals surface area contributed by atoms with E-state index in [0.29, 0.717) is 5.92 Å². The topological polar surface area (TPSA) is 35.2 Å². The van der Waals surface area contributed by atoms with Gasteiger partial charge in [0.25, 0.3) is 0 Å². The number of benzene rings is 2. The van der Waals surface area contributed by atoms with Crippen LogP contribution in [0.3, 0.4) is 0 Å². The van der Waals surface area contributed by atoms with Gasteiger partial charge in [-0.3, -0.25) is 0 Å². The highest BCUT2D eigenvalue weighted by molar-refractivity contribution is 5.36. The summed E-state index contributed by atoms with van der Waals surface area (Å²) in [4.78, 5) is 0. The fourth-order valence-electron chi connectivity index (χ4n) is 2.09. The standard InChI is InChI=1S/C18H23NO/c1-4-18(19)14-8-10-16(11-9-14)20-17-7-5-6-15(12-17)13(2)3/h5-13,18H,4,19H2,1-3H3. The van der Waals surface area contributed by atoms with Gasteiger partial charge in [-0.25, -0.2) is 0 Å². The van der Waals surface area contributed by atoms with Crippen LogP contribution in [0.5, 0.6) is 11.5 Å². The van der Waals surface area contributed by atoms with E-state index in [1.807, 2.05) is 36.4 Å². The third-order valence-corrected chi connectivity index (χ3v) is 3.51. The summed E-state index contributed by atoms with van der Waals surface area (Å²) >= 11 is 0. The average Bonchev–Trinajstić information content (AvgIpc) is 2.47. The molecule has 0 bridgehead atoms. The minimum absolute atomic E-state index is 0.105. The molecule has 1 atom stereocenters. The lowest BCUT2D eigenvalue weighted by atomic mass is 10.0. The Morgan fingerprint density at radius 2 is 1.65 bits per heavy atom. The van der Waals surface area contributed by atoms with E-state index in [1.54, 1.807) is 0 Å². The van der Waals surface area contributed by atoms with Crippen molar-refractivity contribution in [1.29, 1.82) is 0 Å². The van der Waals surface area contributed by atoms with E-state index >= 15 is 0 Å². The number of ether oxygens (including phenoxy) is 1. The van der Waals surface area contributed by atoms with Gasteiger partial charge in [-0.15, -0.1) is 0 Å². The zero-order valence-corrected chi connectivity index (χ0v) is 12.5. The molecular formula is C18H23NO. The van der Waals surface area contributed by atoms with E-state index in [2.05, 4.69) is 32.9 Å². The van der Waals surface area contributed by atoms with Crippen molar-refractivity contribution in [2.45, 2.75) is 39.2 Å². The summed E-state index contributed by atoms with van der Waals surface area (Å²) in [5.41, 5.74) is 8.44. The van der Waals surface area contributed by atoms with Crippen LogP contribution in [-0.2, 0) is 0 Å². The molecule has 0 fully saturated rings. The predicted molar refractivity (Wildman–Crippen MR) is 84.3 cm³/mol. The Kier molecular flexibility index (Phi) is 4.80. The molecule has 2 aromatic rings. The van der Waals surface area contributed by atoms with Gasteiger partial charge in [-0.1, -0.05) is 45.0 Å². The highest BCUT2D eigenvalue weighted by Crippen LogP contribution is 2.26. The Morgan fingerprint density at radius 3 is 2.25 bits per heavy atom. The smallest absolute Gasteiger partial charge is 0.127 e. The van der Waals surface area contributed by atoms with Crippen molar-refractivity contribution in [3.8, 4) is 11.5 Å². The lowest BCUT2D eigenvalue weighted by Crippen LogP contribution is -2.07. The van der Waals surface area contributed by atoms with Crippen LogP contribution in [0.15, 0.2) is 48.5 Å². The Bertz CT molecular complexity index is 546. The van der Waals surface area contributed by atoms with Crippen LogP contribution in [0.25, 0.3) is 0 Å². The molecule has 2 nitrogen and oxygen atoms in total. The van der Waals surface area contributed by atoms with E-state index in [9.17, 15) is 0 Å². The molecule has 0 saturated heterocycles. The first-order chi connectivity index (χ1) is 9.60. The molecule has 0 aliphatic rings.